The summed E-state index contributed by atoms with van der Waals surface area (Å²) in [5.74, 6) is 0.654. The van der Waals surface area contributed by atoms with E-state index >= 15 is 0 Å². The lowest BCUT2D eigenvalue weighted by molar-refractivity contribution is 0.420. The van der Waals surface area contributed by atoms with Gasteiger partial charge in [0.15, 0.2) is 0 Å². The Morgan fingerprint density at radius 1 is 1.00 bits per heavy atom. The number of aryl methyl sites for hydroxylation is 1. The predicted molar refractivity (Wildman–Crippen MR) is 107 cm³/mol. The molecule has 0 amide bonds. The molecule has 1 aliphatic carbocycles. The highest BCUT2D eigenvalue weighted by molar-refractivity contribution is 7.89. The zero-order valence-corrected chi connectivity index (χ0v) is 16.1. The van der Waals surface area contributed by atoms with E-state index in [1.165, 1.54) is 32.1 Å². The Labute approximate surface area is 157 Å². The van der Waals surface area contributed by atoms with Crippen LogP contribution in [0.2, 0.25) is 0 Å². The molecule has 0 atom stereocenters. The monoisotopic (exact) mass is 369 g/mol. The fraction of sp³-hybridized carbons (Fsp3) is 0.364. The summed E-state index contributed by atoms with van der Waals surface area (Å²) >= 11 is 0. The quantitative estimate of drug-likeness (QED) is 0.773. The highest BCUT2D eigenvalue weighted by Crippen LogP contribution is 2.25. The molecule has 0 aromatic heterocycles. The molecule has 2 aromatic carbocycles. The molecule has 1 aliphatic rings. The van der Waals surface area contributed by atoms with Crippen LogP contribution in [0.5, 0.6) is 0 Å². The van der Waals surface area contributed by atoms with Crippen molar-refractivity contribution in [1.82, 2.24) is 4.72 Å². The number of hydrogen-bond donors (Lipinski definition) is 1. The van der Waals surface area contributed by atoms with Gasteiger partial charge in [-0.15, -0.1) is 0 Å². The van der Waals surface area contributed by atoms with Gasteiger partial charge in [0, 0.05) is 6.54 Å². The van der Waals surface area contributed by atoms with Crippen molar-refractivity contribution in [2.75, 3.05) is 0 Å². The summed E-state index contributed by atoms with van der Waals surface area (Å²) in [5.41, 5.74) is 3.13. The summed E-state index contributed by atoms with van der Waals surface area (Å²) in [6.07, 6.45) is 11.0. The second kappa shape index (κ2) is 8.65. The molecule has 0 spiro atoms. The van der Waals surface area contributed by atoms with E-state index in [9.17, 15) is 8.42 Å². The lowest BCUT2D eigenvalue weighted by Gasteiger charge is -2.18. The molecule has 0 bridgehead atoms. The van der Waals surface area contributed by atoms with Gasteiger partial charge in [-0.25, -0.2) is 13.1 Å². The van der Waals surface area contributed by atoms with Crippen LogP contribution in [-0.4, -0.2) is 8.42 Å². The molecule has 1 N–H and O–H groups in total. The predicted octanol–water partition coefficient (Wildman–Crippen LogP) is 5.07. The molecule has 1 fully saturated rings. The van der Waals surface area contributed by atoms with Gasteiger partial charge >= 0.3 is 0 Å². The molecule has 0 heterocycles. The van der Waals surface area contributed by atoms with Crippen LogP contribution in [0.25, 0.3) is 6.08 Å². The maximum absolute atomic E-state index is 12.5. The van der Waals surface area contributed by atoms with Crippen molar-refractivity contribution in [3.63, 3.8) is 0 Å². The van der Waals surface area contributed by atoms with Gasteiger partial charge in [-0.2, -0.15) is 0 Å². The van der Waals surface area contributed by atoms with E-state index in [0.717, 1.165) is 16.7 Å². The number of benzene rings is 2. The number of sulfonamides is 1. The lowest BCUT2D eigenvalue weighted by atomic mass is 9.88. The van der Waals surface area contributed by atoms with Crippen LogP contribution in [0.4, 0.5) is 0 Å². The molecule has 4 heteroatoms. The Morgan fingerprint density at radius 2 is 1.69 bits per heavy atom. The SMILES string of the molecule is Cc1ccc(S(=O)(=O)NCc2ccccc2/C=C/C2CCCCC2)cc1. The molecule has 2 aromatic rings. The van der Waals surface area contributed by atoms with E-state index in [2.05, 4.69) is 22.9 Å². The zero-order valence-electron chi connectivity index (χ0n) is 15.3. The molecule has 0 aliphatic heterocycles. The first-order valence-electron chi connectivity index (χ1n) is 9.37. The first kappa shape index (κ1) is 18.9. The van der Waals surface area contributed by atoms with E-state index in [0.29, 0.717) is 17.4 Å². The molecule has 1 saturated carbocycles. The van der Waals surface area contributed by atoms with E-state index in [-0.39, 0.29) is 0 Å². The molecule has 0 unspecified atom stereocenters. The van der Waals surface area contributed by atoms with Crippen molar-refractivity contribution < 1.29 is 8.42 Å². The van der Waals surface area contributed by atoms with Crippen LogP contribution in [0.15, 0.2) is 59.5 Å². The molecule has 3 nitrogen and oxygen atoms in total. The molecule has 26 heavy (non-hydrogen) atoms. The van der Waals surface area contributed by atoms with Crippen LogP contribution in [0, 0.1) is 12.8 Å². The topological polar surface area (TPSA) is 46.2 Å². The third kappa shape index (κ3) is 5.05. The first-order chi connectivity index (χ1) is 12.5. The highest BCUT2D eigenvalue weighted by atomic mass is 32.2. The van der Waals surface area contributed by atoms with Crippen LogP contribution in [0.3, 0.4) is 0 Å². The Bertz CT molecular complexity index is 848. The summed E-state index contributed by atoms with van der Waals surface area (Å²) in [6, 6.07) is 14.9. The fourth-order valence-electron chi connectivity index (χ4n) is 3.40. The molecular formula is C22H27NO2S. The smallest absolute Gasteiger partial charge is 0.207 e. The highest BCUT2D eigenvalue weighted by Gasteiger charge is 2.14. The minimum absolute atomic E-state index is 0.293. The average Bonchev–Trinajstić information content (AvgIpc) is 2.66. The minimum atomic E-state index is -3.50. The summed E-state index contributed by atoms with van der Waals surface area (Å²) < 4.78 is 27.7. The molecule has 0 radical (unpaired) electrons. The summed E-state index contributed by atoms with van der Waals surface area (Å²) in [5, 5.41) is 0. The number of hydrogen-bond acceptors (Lipinski definition) is 2. The Hall–Kier alpha value is -1.91. The van der Waals surface area contributed by atoms with Crippen LogP contribution in [0.1, 0.15) is 48.8 Å². The van der Waals surface area contributed by atoms with Gasteiger partial charge in [0.2, 0.25) is 10.0 Å². The molecule has 0 saturated heterocycles. The van der Waals surface area contributed by atoms with Crippen molar-refractivity contribution >= 4 is 16.1 Å². The third-order valence-electron chi connectivity index (χ3n) is 5.04. The Balaban J connectivity index is 1.70. The average molecular weight is 370 g/mol. The van der Waals surface area contributed by atoms with Gasteiger partial charge in [0.25, 0.3) is 0 Å². The number of allylic oxidation sites excluding steroid dienone is 1. The van der Waals surface area contributed by atoms with Crippen molar-refractivity contribution in [2.45, 2.75) is 50.5 Å². The van der Waals surface area contributed by atoms with E-state index in [4.69, 9.17) is 0 Å². The second-order valence-electron chi connectivity index (χ2n) is 7.09. The summed E-state index contributed by atoms with van der Waals surface area (Å²) in [6.45, 7) is 2.24. The van der Waals surface area contributed by atoms with Gasteiger partial charge in [-0.1, -0.05) is 73.4 Å². The summed E-state index contributed by atoms with van der Waals surface area (Å²) in [4.78, 5) is 0.304. The summed E-state index contributed by atoms with van der Waals surface area (Å²) in [7, 11) is -3.50. The van der Waals surface area contributed by atoms with Gasteiger partial charge in [-0.3, -0.25) is 0 Å². The van der Waals surface area contributed by atoms with Crippen LogP contribution in [-0.2, 0) is 16.6 Å². The number of rotatable bonds is 6. The molecule has 138 valence electrons. The van der Waals surface area contributed by atoms with Crippen LogP contribution < -0.4 is 4.72 Å². The lowest BCUT2D eigenvalue weighted by Crippen LogP contribution is -2.23. The van der Waals surface area contributed by atoms with Gasteiger partial charge in [0.1, 0.15) is 0 Å². The van der Waals surface area contributed by atoms with E-state index in [1.807, 2.05) is 37.3 Å². The van der Waals surface area contributed by atoms with E-state index < -0.39 is 10.0 Å². The largest absolute Gasteiger partial charge is 0.240 e. The van der Waals surface area contributed by atoms with E-state index in [1.54, 1.807) is 12.1 Å². The molecular weight excluding hydrogens is 342 g/mol. The number of nitrogens with one attached hydrogen (secondary N) is 1. The standard InChI is InChI=1S/C22H27NO2S/c1-18-11-15-22(16-12-18)26(24,25)23-17-21-10-6-5-9-20(21)14-13-19-7-3-2-4-8-19/h5-6,9-16,19,23H,2-4,7-8,17H2,1H3/b14-13+. The molecule has 3 rings (SSSR count). The third-order valence-corrected chi connectivity index (χ3v) is 6.45. The second-order valence-corrected chi connectivity index (χ2v) is 8.86. The minimum Gasteiger partial charge on any atom is -0.207 e. The van der Waals surface area contributed by atoms with Crippen molar-refractivity contribution in [1.29, 1.82) is 0 Å². The van der Waals surface area contributed by atoms with Gasteiger partial charge in [0.05, 0.1) is 4.90 Å². The van der Waals surface area contributed by atoms with Crippen molar-refractivity contribution in [3.8, 4) is 0 Å². The van der Waals surface area contributed by atoms with Gasteiger partial charge in [-0.05, 0) is 48.9 Å². The Morgan fingerprint density at radius 3 is 2.42 bits per heavy atom. The maximum atomic E-state index is 12.5. The van der Waals surface area contributed by atoms with Crippen molar-refractivity contribution in [3.05, 3.63) is 71.3 Å². The van der Waals surface area contributed by atoms with Crippen LogP contribution >= 0.6 is 0 Å². The maximum Gasteiger partial charge on any atom is 0.240 e. The Kier molecular flexibility index (Phi) is 6.28. The van der Waals surface area contributed by atoms with Gasteiger partial charge < -0.3 is 0 Å². The normalized spacial score (nSPS) is 16.2. The zero-order chi connectivity index (χ0) is 18.4. The van der Waals surface area contributed by atoms with Crippen molar-refractivity contribution in [2.24, 2.45) is 5.92 Å². The first-order valence-corrected chi connectivity index (χ1v) is 10.9. The fourth-order valence-corrected chi connectivity index (χ4v) is 4.40.